The van der Waals surface area contributed by atoms with Crippen molar-refractivity contribution >= 4 is 39.0 Å². The number of fused-ring (bicyclic) bond motifs is 8. The van der Waals surface area contributed by atoms with Gasteiger partial charge in [0.25, 0.3) is 0 Å². The average Bonchev–Trinajstić information content (AvgIpc) is 3.69. The van der Waals surface area contributed by atoms with Gasteiger partial charge in [-0.05, 0) is 66.2 Å². The van der Waals surface area contributed by atoms with E-state index in [0.29, 0.717) is 0 Å². The minimum absolute atomic E-state index is 0.929. The summed E-state index contributed by atoms with van der Waals surface area (Å²) in [6.07, 6.45) is 0. The normalized spacial score (nSPS) is 12.0. The molecule has 2 aromatic heterocycles. The molecule has 7 aromatic carbocycles. The van der Waals surface area contributed by atoms with Crippen molar-refractivity contribution in [3.05, 3.63) is 182 Å². The lowest BCUT2D eigenvalue weighted by atomic mass is 9.97. The second-order valence-electron chi connectivity index (χ2n) is 12.4. The lowest BCUT2D eigenvalue weighted by Crippen LogP contribution is -2.11. The zero-order valence-electron chi connectivity index (χ0n) is 26.6. The molecule has 0 spiro atoms. The summed E-state index contributed by atoms with van der Waals surface area (Å²) >= 11 is 0. The van der Waals surface area contributed by atoms with E-state index in [0.717, 1.165) is 45.2 Å². The van der Waals surface area contributed by atoms with Gasteiger partial charge in [0, 0.05) is 39.1 Å². The quantitative estimate of drug-likeness (QED) is 0.194. The molecule has 4 heteroatoms. The minimum atomic E-state index is 0.929. The van der Waals surface area contributed by atoms with Crippen molar-refractivity contribution in [3.8, 4) is 45.1 Å². The fourth-order valence-electron chi connectivity index (χ4n) is 7.57. The van der Waals surface area contributed by atoms with Crippen molar-refractivity contribution in [1.29, 1.82) is 0 Å². The molecule has 0 unspecified atom stereocenters. The van der Waals surface area contributed by atoms with Crippen LogP contribution in [-0.2, 0) is 0 Å². The van der Waals surface area contributed by atoms with E-state index in [1.807, 2.05) is 6.07 Å². The number of aromatic nitrogens is 3. The van der Waals surface area contributed by atoms with Gasteiger partial charge in [-0.3, -0.25) is 4.57 Å². The Hall–Kier alpha value is -6.65. The second-order valence-corrected chi connectivity index (χ2v) is 12.4. The van der Waals surface area contributed by atoms with Crippen molar-refractivity contribution in [1.82, 2.24) is 14.1 Å². The SMILES string of the molecule is c1ccc(-c2nc3ccccc3n2-c2ccc(N3c4ccccc4-c4ccccc4-c4c3c3ccccc3n4-c3ccccc3)cc2)cc1. The molecule has 230 valence electrons. The summed E-state index contributed by atoms with van der Waals surface area (Å²) in [7, 11) is 0. The van der Waals surface area contributed by atoms with Crippen LogP contribution in [0.4, 0.5) is 17.1 Å². The fraction of sp³-hybridized carbons (Fsp3) is 0. The van der Waals surface area contributed by atoms with E-state index >= 15 is 0 Å². The highest BCUT2D eigenvalue weighted by Gasteiger charge is 2.32. The molecule has 0 amide bonds. The molecule has 1 aliphatic rings. The number of benzene rings is 7. The van der Waals surface area contributed by atoms with Crippen LogP contribution < -0.4 is 4.90 Å². The third kappa shape index (κ3) is 4.21. The van der Waals surface area contributed by atoms with Gasteiger partial charge in [-0.25, -0.2) is 4.98 Å². The number of imidazole rings is 1. The van der Waals surface area contributed by atoms with Gasteiger partial charge in [-0.15, -0.1) is 0 Å². The summed E-state index contributed by atoms with van der Waals surface area (Å²) in [5.74, 6) is 0.929. The summed E-state index contributed by atoms with van der Waals surface area (Å²) in [6, 6.07) is 64.9. The van der Waals surface area contributed by atoms with Gasteiger partial charge in [0.05, 0.1) is 33.6 Å². The second kappa shape index (κ2) is 11.0. The molecule has 0 atom stereocenters. The number of para-hydroxylation sites is 5. The van der Waals surface area contributed by atoms with Gasteiger partial charge in [0.15, 0.2) is 0 Å². The molecule has 4 nitrogen and oxygen atoms in total. The van der Waals surface area contributed by atoms with Crippen LogP contribution in [0.15, 0.2) is 182 Å². The highest BCUT2D eigenvalue weighted by atomic mass is 15.2. The Morgan fingerprint density at radius 2 is 0.959 bits per heavy atom. The molecule has 0 fully saturated rings. The first-order valence-corrected chi connectivity index (χ1v) is 16.7. The first-order valence-electron chi connectivity index (χ1n) is 16.7. The van der Waals surface area contributed by atoms with Crippen molar-refractivity contribution in [3.63, 3.8) is 0 Å². The molecule has 1 aliphatic heterocycles. The van der Waals surface area contributed by atoms with Crippen LogP contribution in [0.25, 0.3) is 67.1 Å². The van der Waals surface area contributed by atoms with Crippen LogP contribution in [0.1, 0.15) is 0 Å². The van der Waals surface area contributed by atoms with E-state index in [9.17, 15) is 0 Å². The Morgan fingerprint density at radius 1 is 0.388 bits per heavy atom. The maximum absolute atomic E-state index is 5.08. The zero-order valence-corrected chi connectivity index (χ0v) is 26.6. The van der Waals surface area contributed by atoms with Gasteiger partial charge in [0.2, 0.25) is 0 Å². The van der Waals surface area contributed by atoms with E-state index in [1.165, 1.54) is 39.0 Å². The van der Waals surface area contributed by atoms with Crippen molar-refractivity contribution < 1.29 is 0 Å². The fourth-order valence-corrected chi connectivity index (χ4v) is 7.57. The molecule has 10 rings (SSSR count). The molecule has 0 N–H and O–H groups in total. The molecule has 0 saturated carbocycles. The monoisotopic (exact) mass is 626 g/mol. The van der Waals surface area contributed by atoms with E-state index in [2.05, 4.69) is 190 Å². The number of nitrogens with zero attached hydrogens (tertiary/aromatic N) is 4. The van der Waals surface area contributed by atoms with Gasteiger partial charge < -0.3 is 9.47 Å². The smallest absolute Gasteiger partial charge is 0.145 e. The molecule has 49 heavy (non-hydrogen) atoms. The Bertz CT molecular complexity index is 2650. The summed E-state index contributed by atoms with van der Waals surface area (Å²) in [4.78, 5) is 7.54. The molecule has 0 radical (unpaired) electrons. The van der Waals surface area contributed by atoms with Gasteiger partial charge in [0.1, 0.15) is 5.82 Å². The van der Waals surface area contributed by atoms with Gasteiger partial charge in [-0.1, -0.05) is 121 Å². The number of hydrogen-bond acceptors (Lipinski definition) is 2. The van der Waals surface area contributed by atoms with E-state index < -0.39 is 0 Å². The van der Waals surface area contributed by atoms with E-state index in [4.69, 9.17) is 4.98 Å². The van der Waals surface area contributed by atoms with Crippen LogP contribution in [0, 0.1) is 0 Å². The maximum atomic E-state index is 5.08. The van der Waals surface area contributed by atoms with Crippen LogP contribution in [0.5, 0.6) is 0 Å². The highest BCUT2D eigenvalue weighted by Crippen LogP contribution is 2.54. The van der Waals surface area contributed by atoms with Crippen molar-refractivity contribution in [2.45, 2.75) is 0 Å². The number of anilines is 3. The third-order valence-corrected chi connectivity index (χ3v) is 9.66. The summed E-state index contributed by atoms with van der Waals surface area (Å²) in [6.45, 7) is 0. The van der Waals surface area contributed by atoms with Crippen LogP contribution in [0.3, 0.4) is 0 Å². The molecule has 0 aliphatic carbocycles. The average molecular weight is 627 g/mol. The molecular weight excluding hydrogens is 597 g/mol. The molecule has 3 heterocycles. The number of hydrogen-bond donors (Lipinski definition) is 0. The summed E-state index contributed by atoms with van der Waals surface area (Å²) < 4.78 is 4.70. The van der Waals surface area contributed by atoms with Crippen molar-refractivity contribution in [2.24, 2.45) is 0 Å². The first-order chi connectivity index (χ1) is 24.3. The van der Waals surface area contributed by atoms with Crippen molar-refractivity contribution in [2.75, 3.05) is 4.90 Å². The van der Waals surface area contributed by atoms with E-state index in [1.54, 1.807) is 0 Å². The molecule has 0 bridgehead atoms. The Morgan fingerprint density at radius 3 is 1.76 bits per heavy atom. The lowest BCUT2D eigenvalue weighted by molar-refractivity contribution is 1.10. The minimum Gasteiger partial charge on any atom is -0.307 e. The van der Waals surface area contributed by atoms with E-state index in [-0.39, 0.29) is 0 Å². The molecule has 9 aromatic rings. The Kier molecular flexibility index (Phi) is 6.15. The third-order valence-electron chi connectivity index (χ3n) is 9.66. The predicted molar refractivity (Wildman–Crippen MR) is 202 cm³/mol. The predicted octanol–water partition coefficient (Wildman–Crippen LogP) is 11.8. The van der Waals surface area contributed by atoms with Gasteiger partial charge in [-0.2, -0.15) is 0 Å². The first kappa shape index (κ1) is 27.5. The standard InChI is InChI=1S/C45H30N4/c1-3-15-31(16-4-1)45-46-39-23-11-14-26-42(39)49(45)34-29-27-33(28-30-34)48-40-24-12-9-20-36(40)35-19-7-8-21-37(35)43-44(48)38-22-10-13-25-41(38)47(43)32-17-5-2-6-18-32/h1-30H. The topological polar surface area (TPSA) is 26.0 Å². The highest BCUT2D eigenvalue weighted by molar-refractivity contribution is 6.12. The van der Waals surface area contributed by atoms with Crippen LogP contribution in [0.2, 0.25) is 0 Å². The summed E-state index contributed by atoms with van der Waals surface area (Å²) in [5, 5.41) is 1.20. The maximum Gasteiger partial charge on any atom is 0.145 e. The zero-order chi connectivity index (χ0) is 32.3. The lowest BCUT2D eigenvalue weighted by Gasteiger charge is -2.27. The summed E-state index contributed by atoms with van der Waals surface area (Å²) in [5.41, 5.74) is 14.7. The van der Waals surface area contributed by atoms with Crippen LogP contribution >= 0.6 is 0 Å². The van der Waals surface area contributed by atoms with Gasteiger partial charge >= 0.3 is 0 Å². The Balaban J connectivity index is 1.24. The molecular formula is C45H30N4. The molecule has 0 saturated heterocycles. The Labute approximate surface area is 284 Å². The largest absolute Gasteiger partial charge is 0.307 e. The number of rotatable bonds is 4. The van der Waals surface area contributed by atoms with Crippen LogP contribution in [-0.4, -0.2) is 14.1 Å².